The molecule has 1 aromatic heterocycles. The van der Waals surface area contributed by atoms with Gasteiger partial charge in [0.15, 0.2) is 11.5 Å². The first-order valence-corrected chi connectivity index (χ1v) is 6.08. The topological polar surface area (TPSA) is 64.2 Å². The van der Waals surface area contributed by atoms with Crippen molar-refractivity contribution < 1.29 is 14.3 Å². The highest BCUT2D eigenvalue weighted by molar-refractivity contribution is 5.87. The highest BCUT2D eigenvalue weighted by Gasteiger charge is 2.32. The average molecular weight is 258 g/mol. The number of para-hydroxylation sites is 1. The van der Waals surface area contributed by atoms with Gasteiger partial charge in [0.2, 0.25) is 5.82 Å². The van der Waals surface area contributed by atoms with Gasteiger partial charge >= 0.3 is 5.97 Å². The first-order valence-electron chi connectivity index (χ1n) is 6.08. The van der Waals surface area contributed by atoms with Crippen LogP contribution in [0.4, 0.5) is 0 Å². The Balaban J connectivity index is 1.88. The minimum absolute atomic E-state index is 0.176. The Kier molecular flexibility index (Phi) is 2.55. The average Bonchev–Trinajstić information content (AvgIpc) is 2.94. The minimum Gasteiger partial charge on any atom is -0.483 e. The predicted molar refractivity (Wildman–Crippen MR) is 68.4 cm³/mol. The van der Waals surface area contributed by atoms with Crippen LogP contribution in [0.1, 0.15) is 30.0 Å². The molecule has 0 aliphatic carbocycles. The van der Waals surface area contributed by atoms with Gasteiger partial charge in [-0.2, -0.15) is 0 Å². The van der Waals surface area contributed by atoms with Gasteiger partial charge in [-0.25, -0.2) is 9.78 Å². The molecule has 2 aromatic rings. The summed E-state index contributed by atoms with van der Waals surface area (Å²) in [6, 6.07) is 5.56. The normalized spacial score (nSPS) is 15.7. The lowest BCUT2D eigenvalue weighted by molar-refractivity contribution is 0.0704. The first-order chi connectivity index (χ1) is 9.05. The predicted octanol–water partition coefficient (Wildman–Crippen LogP) is 2.34. The van der Waals surface area contributed by atoms with Crippen LogP contribution >= 0.6 is 0 Å². The number of rotatable bonds is 2. The van der Waals surface area contributed by atoms with Crippen molar-refractivity contribution in [2.75, 3.05) is 0 Å². The van der Waals surface area contributed by atoms with Crippen molar-refractivity contribution in [3.05, 3.63) is 42.0 Å². The molecule has 3 rings (SSSR count). The van der Waals surface area contributed by atoms with Crippen LogP contribution < -0.4 is 9.47 Å². The van der Waals surface area contributed by atoms with Crippen molar-refractivity contribution in [1.82, 2.24) is 9.97 Å². The number of hydrogen-bond donors (Lipinski definition) is 1. The molecule has 0 saturated heterocycles. The van der Waals surface area contributed by atoms with Crippen molar-refractivity contribution in [2.24, 2.45) is 0 Å². The Labute approximate surface area is 110 Å². The fourth-order valence-corrected chi connectivity index (χ4v) is 2.19. The number of nitrogens with zero attached hydrogens (tertiary/aromatic N) is 1. The van der Waals surface area contributed by atoms with Crippen LogP contribution in [0.25, 0.3) is 0 Å². The molecule has 1 aromatic carbocycles. The molecular weight excluding hydrogens is 244 g/mol. The number of benzene rings is 1. The molecule has 19 heavy (non-hydrogen) atoms. The number of aromatic nitrogens is 2. The molecule has 0 spiro atoms. The largest absolute Gasteiger partial charge is 0.483 e. The lowest BCUT2D eigenvalue weighted by Gasteiger charge is -2.17. The van der Waals surface area contributed by atoms with Crippen molar-refractivity contribution in [2.45, 2.75) is 25.9 Å². The Morgan fingerprint density at radius 1 is 1.47 bits per heavy atom. The fraction of sp³-hybridized carbons (Fsp3) is 0.286. The molecule has 1 aliphatic rings. The molecule has 5 nitrogen and oxygen atoms in total. The fourth-order valence-electron chi connectivity index (χ4n) is 2.19. The summed E-state index contributed by atoms with van der Waals surface area (Å²) in [7, 11) is 0. The van der Waals surface area contributed by atoms with Crippen molar-refractivity contribution in [1.29, 1.82) is 0 Å². The van der Waals surface area contributed by atoms with E-state index in [0.717, 1.165) is 12.0 Å². The summed E-state index contributed by atoms with van der Waals surface area (Å²) in [6.07, 6.45) is 3.88. The lowest BCUT2D eigenvalue weighted by atomic mass is 10.0. The van der Waals surface area contributed by atoms with Crippen LogP contribution in [0.3, 0.4) is 0 Å². The molecule has 2 heterocycles. The van der Waals surface area contributed by atoms with E-state index in [2.05, 4.69) is 9.97 Å². The summed E-state index contributed by atoms with van der Waals surface area (Å²) in [6.45, 7) is 4.01. The van der Waals surface area contributed by atoms with Gasteiger partial charge in [0.25, 0.3) is 0 Å². The van der Waals surface area contributed by atoms with Crippen molar-refractivity contribution in [3.63, 3.8) is 0 Å². The maximum absolute atomic E-state index is 11.9. The van der Waals surface area contributed by atoms with Crippen molar-refractivity contribution in [3.8, 4) is 11.5 Å². The zero-order valence-electron chi connectivity index (χ0n) is 10.8. The Hall–Kier alpha value is -2.30. The maximum atomic E-state index is 11.9. The Morgan fingerprint density at radius 3 is 3.05 bits per heavy atom. The van der Waals surface area contributed by atoms with Crippen LogP contribution in [-0.2, 0) is 6.42 Å². The third kappa shape index (κ3) is 2.19. The molecular formula is C14H14N2O3. The van der Waals surface area contributed by atoms with E-state index in [4.69, 9.17) is 9.47 Å². The summed E-state index contributed by atoms with van der Waals surface area (Å²) in [5.41, 5.74) is 0.782. The van der Waals surface area contributed by atoms with E-state index in [1.54, 1.807) is 12.3 Å². The lowest BCUT2D eigenvalue weighted by Crippen LogP contribution is -2.24. The number of fused-ring (bicyclic) bond motifs is 1. The van der Waals surface area contributed by atoms with E-state index < -0.39 is 5.97 Å². The molecule has 0 bridgehead atoms. The van der Waals surface area contributed by atoms with Gasteiger partial charge in [-0.15, -0.1) is 0 Å². The van der Waals surface area contributed by atoms with E-state index in [1.807, 2.05) is 26.0 Å². The molecule has 5 heteroatoms. The SMILES string of the molecule is CC1(C)Cc2cccc(OC(=O)c3ncc[nH]3)c2O1. The van der Waals surface area contributed by atoms with Crippen LogP contribution in [0, 0.1) is 0 Å². The first kappa shape index (κ1) is 11.8. The summed E-state index contributed by atoms with van der Waals surface area (Å²) in [4.78, 5) is 18.4. The summed E-state index contributed by atoms with van der Waals surface area (Å²) in [5, 5.41) is 0. The molecule has 98 valence electrons. The second-order valence-electron chi connectivity index (χ2n) is 5.11. The Bertz CT molecular complexity index is 618. The highest BCUT2D eigenvalue weighted by atomic mass is 16.6. The molecule has 0 fully saturated rings. The third-order valence-corrected chi connectivity index (χ3v) is 2.95. The van der Waals surface area contributed by atoms with Gasteiger partial charge < -0.3 is 14.5 Å². The maximum Gasteiger partial charge on any atom is 0.379 e. The second-order valence-corrected chi connectivity index (χ2v) is 5.11. The third-order valence-electron chi connectivity index (χ3n) is 2.95. The molecule has 0 unspecified atom stereocenters. The number of aromatic amines is 1. The monoisotopic (exact) mass is 258 g/mol. The number of ether oxygens (including phenoxy) is 2. The van der Waals surface area contributed by atoms with Crippen LogP contribution in [0.2, 0.25) is 0 Å². The highest BCUT2D eigenvalue weighted by Crippen LogP contribution is 2.41. The summed E-state index contributed by atoms with van der Waals surface area (Å²) in [5.74, 6) is 0.735. The standard InChI is InChI=1S/C14H14N2O3/c1-14(2)8-9-4-3-5-10(11(9)19-14)18-13(17)12-15-6-7-16-12/h3-7H,8H2,1-2H3,(H,15,16). The molecule has 0 saturated carbocycles. The number of esters is 1. The van der Waals surface area contributed by atoms with Crippen LogP contribution in [-0.4, -0.2) is 21.5 Å². The number of nitrogens with one attached hydrogen (secondary N) is 1. The number of hydrogen-bond acceptors (Lipinski definition) is 4. The molecule has 1 N–H and O–H groups in total. The molecule has 0 amide bonds. The van der Waals surface area contributed by atoms with Gasteiger partial charge in [0, 0.05) is 24.4 Å². The quantitative estimate of drug-likeness (QED) is 0.663. The number of carbonyl (C=O) groups is 1. The summed E-state index contributed by atoms with van der Waals surface area (Å²) < 4.78 is 11.2. The smallest absolute Gasteiger partial charge is 0.379 e. The molecule has 0 atom stereocenters. The van der Waals surface area contributed by atoms with E-state index >= 15 is 0 Å². The van der Waals surface area contributed by atoms with Gasteiger partial charge in [0.05, 0.1) is 0 Å². The zero-order chi connectivity index (χ0) is 13.5. The van der Waals surface area contributed by atoms with Gasteiger partial charge in [-0.05, 0) is 19.9 Å². The zero-order valence-corrected chi connectivity index (χ0v) is 10.8. The van der Waals surface area contributed by atoms with E-state index in [1.165, 1.54) is 6.20 Å². The Morgan fingerprint density at radius 2 is 2.32 bits per heavy atom. The minimum atomic E-state index is -0.522. The number of imidazole rings is 1. The van der Waals surface area contributed by atoms with Crippen molar-refractivity contribution >= 4 is 5.97 Å². The van der Waals surface area contributed by atoms with Crippen LogP contribution in [0.15, 0.2) is 30.6 Å². The van der Waals surface area contributed by atoms with Gasteiger partial charge in [0.1, 0.15) is 5.60 Å². The number of H-pyrrole nitrogens is 1. The van der Waals surface area contributed by atoms with Crippen LogP contribution in [0.5, 0.6) is 11.5 Å². The van der Waals surface area contributed by atoms with E-state index in [9.17, 15) is 4.79 Å². The summed E-state index contributed by atoms with van der Waals surface area (Å²) >= 11 is 0. The molecule has 1 aliphatic heterocycles. The van der Waals surface area contributed by atoms with Gasteiger partial charge in [-0.3, -0.25) is 0 Å². The molecule has 0 radical (unpaired) electrons. The number of carbonyl (C=O) groups excluding carboxylic acids is 1. The second kappa shape index (κ2) is 4.12. The van der Waals surface area contributed by atoms with Gasteiger partial charge in [-0.1, -0.05) is 12.1 Å². The van der Waals surface area contributed by atoms with E-state index in [-0.39, 0.29) is 11.4 Å². The van der Waals surface area contributed by atoms with E-state index in [0.29, 0.717) is 11.5 Å².